The van der Waals surface area contributed by atoms with E-state index in [0.29, 0.717) is 0 Å². The Morgan fingerprint density at radius 1 is 1.52 bits per heavy atom. The molecule has 1 atom stereocenters. The van der Waals surface area contributed by atoms with Crippen molar-refractivity contribution < 1.29 is 27.6 Å². The summed E-state index contributed by atoms with van der Waals surface area (Å²) in [5, 5.41) is 19.4. The number of para-hydroxylation sites is 1. The van der Waals surface area contributed by atoms with Gasteiger partial charge in [-0.3, -0.25) is 14.9 Å². The van der Waals surface area contributed by atoms with E-state index in [1.54, 1.807) is 0 Å². The Hall–Kier alpha value is -2.07. The first-order chi connectivity index (χ1) is 9.66. The molecule has 2 N–H and O–H groups in total. The van der Waals surface area contributed by atoms with Crippen molar-refractivity contribution in [2.75, 3.05) is 6.54 Å². The first-order valence-corrected chi connectivity index (χ1v) is 7.30. The van der Waals surface area contributed by atoms with E-state index in [4.69, 9.17) is 5.11 Å². The van der Waals surface area contributed by atoms with Gasteiger partial charge >= 0.3 is 11.7 Å². The summed E-state index contributed by atoms with van der Waals surface area (Å²) >= 11 is 0. The average molecular weight is 320 g/mol. The minimum Gasteiger partial charge on any atom is -0.481 e. The van der Waals surface area contributed by atoms with Crippen LogP contribution in [0, 0.1) is 21.8 Å². The van der Waals surface area contributed by atoms with Crippen molar-refractivity contribution in [3.8, 4) is 0 Å². The molecule has 0 fully saturated rings. The Kier molecular flexibility index (Phi) is 5.33. The molecule has 0 spiro atoms. The summed E-state index contributed by atoms with van der Waals surface area (Å²) in [7, 11) is -4.30. The van der Waals surface area contributed by atoms with Gasteiger partial charge in [-0.2, -0.15) is 4.39 Å². The summed E-state index contributed by atoms with van der Waals surface area (Å²) in [5.41, 5.74) is -1.14. The Bertz CT molecular complexity index is 661. The fourth-order valence-corrected chi connectivity index (χ4v) is 2.73. The number of nitro benzene ring substituents is 1. The van der Waals surface area contributed by atoms with E-state index in [1.807, 2.05) is 4.72 Å². The van der Waals surface area contributed by atoms with E-state index in [-0.39, 0.29) is 13.0 Å². The Balaban J connectivity index is 2.97. The van der Waals surface area contributed by atoms with Gasteiger partial charge < -0.3 is 5.11 Å². The van der Waals surface area contributed by atoms with Gasteiger partial charge in [0.1, 0.15) is 0 Å². The van der Waals surface area contributed by atoms with Gasteiger partial charge in [-0.05, 0) is 18.6 Å². The van der Waals surface area contributed by atoms with Gasteiger partial charge in [0.05, 0.1) is 10.8 Å². The fourth-order valence-electron chi connectivity index (χ4n) is 1.50. The fraction of sp³-hybridized carbons (Fsp3) is 0.364. The first-order valence-electron chi connectivity index (χ1n) is 5.82. The molecule has 8 nitrogen and oxygen atoms in total. The lowest BCUT2D eigenvalue weighted by Crippen LogP contribution is -2.28. The summed E-state index contributed by atoms with van der Waals surface area (Å²) < 4.78 is 39.3. The normalized spacial score (nSPS) is 12.9. The quantitative estimate of drug-likeness (QED) is 0.572. The number of sulfonamides is 1. The van der Waals surface area contributed by atoms with Crippen LogP contribution in [-0.4, -0.2) is 31.0 Å². The number of hydrogen-bond acceptors (Lipinski definition) is 5. The van der Waals surface area contributed by atoms with Gasteiger partial charge in [0.25, 0.3) is 0 Å². The zero-order valence-electron chi connectivity index (χ0n) is 10.9. The highest BCUT2D eigenvalue weighted by atomic mass is 32.2. The van der Waals surface area contributed by atoms with E-state index >= 15 is 0 Å². The highest BCUT2D eigenvalue weighted by molar-refractivity contribution is 7.89. The zero-order valence-corrected chi connectivity index (χ0v) is 11.8. The second-order valence-corrected chi connectivity index (χ2v) is 6.00. The van der Waals surface area contributed by atoms with E-state index < -0.39 is 43.2 Å². The van der Waals surface area contributed by atoms with Gasteiger partial charge in [0.2, 0.25) is 15.8 Å². The summed E-state index contributed by atoms with van der Waals surface area (Å²) in [5.74, 6) is -3.14. The van der Waals surface area contributed by atoms with Gasteiger partial charge in [0.15, 0.2) is 4.90 Å². The van der Waals surface area contributed by atoms with Crippen molar-refractivity contribution >= 4 is 21.7 Å². The predicted octanol–water partition coefficient (Wildman–Crippen LogP) is 1.12. The molecule has 0 radical (unpaired) electrons. The highest BCUT2D eigenvalue weighted by Gasteiger charge is 2.29. The monoisotopic (exact) mass is 320 g/mol. The van der Waals surface area contributed by atoms with Crippen LogP contribution in [0.5, 0.6) is 0 Å². The number of carbonyl (C=O) groups is 1. The maximum absolute atomic E-state index is 13.4. The van der Waals surface area contributed by atoms with Crippen LogP contribution >= 0.6 is 0 Å². The molecular weight excluding hydrogens is 307 g/mol. The molecule has 1 aromatic rings. The number of carboxylic acids is 1. The number of halogens is 1. The van der Waals surface area contributed by atoms with Gasteiger partial charge in [-0.15, -0.1) is 0 Å². The number of aliphatic carboxylic acids is 1. The third kappa shape index (κ3) is 4.20. The van der Waals surface area contributed by atoms with Crippen molar-refractivity contribution in [2.24, 2.45) is 5.92 Å². The van der Waals surface area contributed by atoms with E-state index in [1.165, 1.54) is 6.92 Å². The number of nitrogens with zero attached hydrogens (tertiary/aromatic N) is 1. The van der Waals surface area contributed by atoms with Crippen LogP contribution in [0.15, 0.2) is 23.1 Å². The van der Waals surface area contributed by atoms with Crippen LogP contribution in [0.25, 0.3) is 0 Å². The molecule has 0 aliphatic rings. The molecule has 1 aromatic carbocycles. The molecule has 0 amide bonds. The van der Waals surface area contributed by atoms with Crippen molar-refractivity contribution in [3.63, 3.8) is 0 Å². The van der Waals surface area contributed by atoms with Crippen molar-refractivity contribution in [2.45, 2.75) is 18.2 Å². The van der Waals surface area contributed by atoms with Crippen LogP contribution in [0.2, 0.25) is 0 Å². The molecular formula is C11H13FN2O6S. The number of benzene rings is 1. The lowest BCUT2D eigenvalue weighted by atomic mass is 10.1. The number of nitro groups is 1. The minimum atomic E-state index is -4.30. The molecule has 0 aliphatic carbocycles. The molecule has 1 rings (SSSR count). The van der Waals surface area contributed by atoms with E-state index in [2.05, 4.69) is 0 Å². The minimum absolute atomic E-state index is 0.00230. The number of rotatable bonds is 7. The Morgan fingerprint density at radius 3 is 2.67 bits per heavy atom. The lowest BCUT2D eigenvalue weighted by molar-refractivity contribution is -0.390. The first kappa shape index (κ1) is 17.0. The molecule has 0 bridgehead atoms. The molecule has 0 heterocycles. The average Bonchev–Trinajstić information content (AvgIpc) is 2.37. The molecule has 0 saturated heterocycles. The van der Waals surface area contributed by atoms with E-state index in [0.717, 1.165) is 18.2 Å². The van der Waals surface area contributed by atoms with Gasteiger partial charge in [-0.25, -0.2) is 13.1 Å². The largest absolute Gasteiger partial charge is 0.481 e. The van der Waals surface area contributed by atoms with Crippen LogP contribution < -0.4 is 4.72 Å². The topological polar surface area (TPSA) is 127 Å². The highest BCUT2D eigenvalue weighted by Crippen LogP contribution is 2.26. The Morgan fingerprint density at radius 2 is 2.14 bits per heavy atom. The van der Waals surface area contributed by atoms with Crippen LogP contribution in [0.4, 0.5) is 10.1 Å². The summed E-state index contributed by atoms with van der Waals surface area (Å²) in [4.78, 5) is 19.4. The van der Waals surface area contributed by atoms with Gasteiger partial charge in [0, 0.05) is 6.54 Å². The third-order valence-electron chi connectivity index (χ3n) is 2.71. The second kappa shape index (κ2) is 6.59. The smallest absolute Gasteiger partial charge is 0.324 e. The SMILES string of the molecule is CC(CCNS(=O)(=O)c1cccc(F)c1[N+](=O)[O-])C(=O)O. The summed E-state index contributed by atoms with van der Waals surface area (Å²) in [6.07, 6.45) is -0.00230. The van der Waals surface area contributed by atoms with E-state index in [9.17, 15) is 27.7 Å². The molecule has 1 unspecified atom stereocenters. The van der Waals surface area contributed by atoms with Gasteiger partial charge in [-0.1, -0.05) is 13.0 Å². The molecule has 0 aliphatic heterocycles. The molecule has 21 heavy (non-hydrogen) atoms. The number of carboxylic acid groups (broad SMARTS) is 1. The van der Waals surface area contributed by atoms with Crippen molar-refractivity contribution in [1.29, 1.82) is 0 Å². The van der Waals surface area contributed by atoms with Crippen LogP contribution in [0.1, 0.15) is 13.3 Å². The predicted molar refractivity (Wildman–Crippen MR) is 69.7 cm³/mol. The molecule has 116 valence electrons. The zero-order chi connectivity index (χ0) is 16.2. The molecule has 0 saturated carbocycles. The molecule has 0 aromatic heterocycles. The van der Waals surface area contributed by atoms with Crippen molar-refractivity contribution in [1.82, 2.24) is 4.72 Å². The second-order valence-electron chi connectivity index (χ2n) is 4.27. The third-order valence-corrected chi connectivity index (χ3v) is 4.21. The maximum Gasteiger partial charge on any atom is 0.324 e. The number of hydrogen-bond donors (Lipinski definition) is 2. The maximum atomic E-state index is 13.4. The summed E-state index contributed by atoms with van der Waals surface area (Å²) in [6, 6.07) is 2.73. The lowest BCUT2D eigenvalue weighted by Gasteiger charge is -2.09. The van der Waals surface area contributed by atoms with Crippen LogP contribution in [0.3, 0.4) is 0 Å². The van der Waals surface area contributed by atoms with Crippen LogP contribution in [-0.2, 0) is 14.8 Å². The summed E-state index contributed by atoms with van der Waals surface area (Å²) in [6.45, 7) is 1.16. The number of nitrogens with one attached hydrogen (secondary N) is 1. The standard InChI is InChI=1S/C11H13FN2O6S/c1-7(11(15)16)5-6-13-21(19,20)9-4-2-3-8(12)10(9)14(17)18/h2-4,7,13H,5-6H2,1H3,(H,15,16). The molecule has 10 heteroatoms. The Labute approximate surface area is 119 Å². The van der Waals surface area contributed by atoms with Crippen molar-refractivity contribution in [3.05, 3.63) is 34.1 Å².